The lowest BCUT2D eigenvalue weighted by molar-refractivity contribution is -0.147. The number of aliphatic hydroxyl groups is 1. The minimum absolute atomic E-state index is 0.0108. The molecular formula is C34H33NO7. The van der Waals surface area contributed by atoms with Crippen molar-refractivity contribution in [2.45, 2.75) is 43.8 Å². The van der Waals surface area contributed by atoms with E-state index < -0.39 is 29.9 Å². The van der Waals surface area contributed by atoms with Gasteiger partial charge in [-0.25, -0.2) is 0 Å². The first kappa shape index (κ1) is 29.1. The van der Waals surface area contributed by atoms with Gasteiger partial charge in [-0.2, -0.15) is 0 Å². The zero-order valence-corrected chi connectivity index (χ0v) is 23.8. The molecule has 8 heteroatoms. The second-order valence-corrected chi connectivity index (χ2v) is 10.1. The summed E-state index contributed by atoms with van der Waals surface area (Å²) in [5, 5.41) is 11.1. The van der Waals surface area contributed by atoms with Gasteiger partial charge in [-0.3, -0.25) is 14.5 Å². The van der Waals surface area contributed by atoms with Crippen LogP contribution in [-0.4, -0.2) is 61.0 Å². The fraction of sp³-hybridized carbons (Fsp3) is 0.294. The highest BCUT2D eigenvalue weighted by Gasteiger charge is 2.44. The molecule has 216 valence electrons. The molecule has 0 aliphatic carbocycles. The molecule has 3 aromatic carbocycles. The Morgan fingerprint density at radius 3 is 2.02 bits per heavy atom. The summed E-state index contributed by atoms with van der Waals surface area (Å²) in [5.74, 6) is 6.16. The van der Waals surface area contributed by atoms with Crippen LogP contribution < -0.4 is 9.47 Å². The van der Waals surface area contributed by atoms with E-state index in [0.717, 1.165) is 16.7 Å². The zero-order chi connectivity index (χ0) is 29.7. The maximum Gasteiger partial charge on any atom is 0.236 e. The zero-order valence-electron chi connectivity index (χ0n) is 23.8. The van der Waals surface area contributed by atoms with Crippen molar-refractivity contribution in [1.82, 2.24) is 4.90 Å². The molecule has 2 aliphatic heterocycles. The number of benzene rings is 3. The van der Waals surface area contributed by atoms with Gasteiger partial charge in [-0.1, -0.05) is 60.5 Å². The third-order valence-electron chi connectivity index (χ3n) is 7.58. The summed E-state index contributed by atoms with van der Waals surface area (Å²) in [4.78, 5) is 26.3. The van der Waals surface area contributed by atoms with Crippen molar-refractivity contribution in [2.75, 3.05) is 20.8 Å². The van der Waals surface area contributed by atoms with Crippen LogP contribution in [0.3, 0.4) is 0 Å². The summed E-state index contributed by atoms with van der Waals surface area (Å²) in [5.41, 5.74) is 1.73. The molecule has 3 aromatic rings. The maximum atomic E-state index is 12.7. The van der Waals surface area contributed by atoms with Crippen LogP contribution in [-0.2, 0) is 24.7 Å². The lowest BCUT2D eigenvalue weighted by Gasteiger charge is -2.37. The van der Waals surface area contributed by atoms with Crippen molar-refractivity contribution in [2.24, 2.45) is 0 Å². The maximum absolute atomic E-state index is 12.7. The third-order valence-corrected chi connectivity index (χ3v) is 7.58. The number of Topliss-reactive ketones (excluding diaryl/α,β-unsaturated/α-hetero) is 1. The van der Waals surface area contributed by atoms with Crippen LogP contribution in [0.2, 0.25) is 0 Å². The van der Waals surface area contributed by atoms with Gasteiger partial charge < -0.3 is 24.1 Å². The van der Waals surface area contributed by atoms with Gasteiger partial charge >= 0.3 is 0 Å². The lowest BCUT2D eigenvalue weighted by atomic mass is 9.80. The van der Waals surface area contributed by atoms with Crippen LogP contribution in [0.5, 0.6) is 11.5 Å². The molecule has 0 radical (unpaired) electrons. The largest absolute Gasteiger partial charge is 0.497 e. The molecule has 2 aliphatic rings. The molecule has 1 amide bonds. The van der Waals surface area contributed by atoms with E-state index in [4.69, 9.17) is 18.9 Å². The number of aliphatic hydroxyl groups excluding tert-OH is 1. The number of hydrogen-bond acceptors (Lipinski definition) is 7. The quantitative estimate of drug-likeness (QED) is 0.235. The number of carbonyl (C=O) groups is 2. The van der Waals surface area contributed by atoms with Crippen LogP contribution >= 0.6 is 0 Å². The summed E-state index contributed by atoms with van der Waals surface area (Å²) in [6, 6.07) is 25.2. The first-order valence-electron chi connectivity index (χ1n) is 13.7. The van der Waals surface area contributed by atoms with E-state index in [9.17, 15) is 14.7 Å². The number of ketones is 1. The number of ether oxygens (including phenoxy) is 4. The highest BCUT2D eigenvalue weighted by molar-refractivity contribution is 6.12. The predicted octanol–water partition coefficient (Wildman–Crippen LogP) is 4.20. The van der Waals surface area contributed by atoms with E-state index in [-0.39, 0.29) is 30.8 Å². The minimum atomic E-state index is -1.09. The summed E-state index contributed by atoms with van der Waals surface area (Å²) >= 11 is 0. The topological polar surface area (TPSA) is 94.5 Å². The van der Waals surface area contributed by atoms with Crippen LogP contribution in [0.15, 0.2) is 90.6 Å². The monoisotopic (exact) mass is 567 g/mol. The number of nitrogens with zero attached hydrogens (tertiary/aromatic N) is 1. The van der Waals surface area contributed by atoms with Crippen molar-refractivity contribution >= 4 is 11.7 Å². The molecule has 5 rings (SSSR count). The number of rotatable bonds is 9. The lowest BCUT2D eigenvalue weighted by Crippen LogP contribution is -2.41. The summed E-state index contributed by atoms with van der Waals surface area (Å²) in [6.07, 6.45) is -1.10. The van der Waals surface area contributed by atoms with E-state index in [1.54, 1.807) is 21.1 Å². The molecule has 1 fully saturated rings. The van der Waals surface area contributed by atoms with E-state index >= 15 is 0 Å². The molecule has 0 spiro atoms. The number of hydrogen-bond donors (Lipinski definition) is 1. The molecule has 8 nitrogen and oxygen atoms in total. The SMILES string of the molecule is CC#CC1=CN([C@H]2C[C@H](O)[C@@H](COC(c3ccccc3)(c3ccc(OC)cc3)c3ccc(OC)cc3)O2)C(=O)CC1=O. The van der Waals surface area contributed by atoms with Crippen LogP contribution in [0, 0.1) is 11.8 Å². The highest BCUT2D eigenvalue weighted by atomic mass is 16.6. The van der Waals surface area contributed by atoms with Crippen molar-refractivity contribution in [3.63, 3.8) is 0 Å². The van der Waals surface area contributed by atoms with E-state index in [1.165, 1.54) is 11.1 Å². The number of amides is 1. The molecule has 0 saturated carbocycles. The summed E-state index contributed by atoms with van der Waals surface area (Å²) in [6.45, 7) is 1.64. The van der Waals surface area contributed by atoms with Gasteiger partial charge in [0.15, 0.2) is 5.78 Å². The van der Waals surface area contributed by atoms with E-state index in [2.05, 4.69) is 11.8 Å². The molecule has 3 atom stereocenters. The fourth-order valence-electron chi connectivity index (χ4n) is 5.40. The summed E-state index contributed by atoms with van der Waals surface area (Å²) in [7, 11) is 3.23. The van der Waals surface area contributed by atoms with Gasteiger partial charge in [-0.15, -0.1) is 5.92 Å². The second kappa shape index (κ2) is 12.6. The normalized spacial score (nSPS) is 20.5. The highest BCUT2D eigenvalue weighted by Crippen LogP contribution is 2.42. The standard InChI is InChI=1S/C34H33NO7/c1-4-8-23-21-35(32(38)19-29(23)36)33-20-30(37)31(42-33)22-41-34(24-9-6-5-7-10-24,25-11-15-27(39-2)16-12-25)26-13-17-28(40-3)18-14-26/h5-7,9-18,21,30-31,33,37H,19-20,22H2,1-3H3/t30-,31+,33+/m0/s1. The Morgan fingerprint density at radius 2 is 1.48 bits per heavy atom. The minimum Gasteiger partial charge on any atom is -0.497 e. The number of allylic oxidation sites excluding steroid dienone is 1. The van der Waals surface area contributed by atoms with Gasteiger partial charge in [0.25, 0.3) is 0 Å². The molecule has 1 saturated heterocycles. The predicted molar refractivity (Wildman–Crippen MR) is 156 cm³/mol. The van der Waals surface area contributed by atoms with Crippen LogP contribution in [0.25, 0.3) is 0 Å². The third kappa shape index (κ3) is 5.68. The molecular weight excluding hydrogens is 534 g/mol. The van der Waals surface area contributed by atoms with Crippen molar-refractivity contribution in [3.8, 4) is 23.3 Å². The summed E-state index contributed by atoms with van der Waals surface area (Å²) < 4.78 is 23.9. The number of carbonyl (C=O) groups excluding carboxylic acids is 2. The van der Waals surface area contributed by atoms with Gasteiger partial charge in [-0.05, 0) is 47.9 Å². The van der Waals surface area contributed by atoms with Gasteiger partial charge in [0.05, 0.1) is 38.9 Å². The molecule has 0 bridgehead atoms. The van der Waals surface area contributed by atoms with E-state index in [0.29, 0.717) is 11.5 Å². The molecule has 42 heavy (non-hydrogen) atoms. The Kier molecular flexibility index (Phi) is 8.74. The van der Waals surface area contributed by atoms with Gasteiger partial charge in [0.2, 0.25) is 5.91 Å². The number of methoxy groups -OCH3 is 2. The molecule has 0 aromatic heterocycles. The van der Waals surface area contributed by atoms with Gasteiger partial charge in [0, 0.05) is 12.6 Å². The molecule has 0 unspecified atom stereocenters. The molecule has 1 N–H and O–H groups in total. The average Bonchev–Trinajstić information content (AvgIpc) is 3.39. The first-order chi connectivity index (χ1) is 20.4. The Labute approximate surface area is 245 Å². The first-order valence-corrected chi connectivity index (χ1v) is 13.7. The Hall–Kier alpha value is -4.42. The fourth-order valence-corrected chi connectivity index (χ4v) is 5.40. The second-order valence-electron chi connectivity index (χ2n) is 10.1. The Morgan fingerprint density at radius 1 is 0.905 bits per heavy atom. The van der Waals surface area contributed by atoms with Crippen molar-refractivity contribution in [3.05, 3.63) is 107 Å². The van der Waals surface area contributed by atoms with Crippen LogP contribution in [0.4, 0.5) is 0 Å². The van der Waals surface area contributed by atoms with Gasteiger partial charge in [0.1, 0.15) is 29.4 Å². The Bertz CT molecular complexity index is 1460. The van der Waals surface area contributed by atoms with Crippen molar-refractivity contribution < 1.29 is 33.6 Å². The van der Waals surface area contributed by atoms with Crippen molar-refractivity contribution in [1.29, 1.82) is 0 Å². The smallest absolute Gasteiger partial charge is 0.236 e. The van der Waals surface area contributed by atoms with E-state index in [1.807, 2.05) is 78.9 Å². The average molecular weight is 568 g/mol. The molecule has 2 heterocycles. The Balaban J connectivity index is 1.50. The van der Waals surface area contributed by atoms with Crippen LogP contribution in [0.1, 0.15) is 36.5 Å².